The van der Waals surface area contributed by atoms with Crippen LogP contribution in [0.1, 0.15) is 81.3 Å². The number of alkyl carbamates (subject to hydrolysis) is 2. The highest BCUT2D eigenvalue weighted by Crippen LogP contribution is 2.35. The van der Waals surface area contributed by atoms with Gasteiger partial charge in [0.2, 0.25) is 11.8 Å². The van der Waals surface area contributed by atoms with Gasteiger partial charge in [0.15, 0.2) is 0 Å². The van der Waals surface area contributed by atoms with Crippen LogP contribution < -0.4 is 10.6 Å². The second kappa shape index (κ2) is 17.6. The largest absolute Gasteiger partial charge is 0.453 e. The smallest absolute Gasteiger partial charge is 0.407 e. The van der Waals surface area contributed by atoms with Crippen LogP contribution in [-0.2, 0) is 23.8 Å². The Kier molecular flexibility index (Phi) is 12.1. The number of amides is 4. The Bertz CT molecular complexity index is 2410. The first-order chi connectivity index (χ1) is 28.5. The molecule has 2 aliphatic heterocycles. The number of imidazole rings is 2. The minimum atomic E-state index is -0.910. The molecule has 7 rings (SSSR count). The summed E-state index contributed by atoms with van der Waals surface area (Å²) in [5.41, 5.74) is 4.65. The molecule has 0 spiro atoms. The molecule has 0 saturated carbocycles. The summed E-state index contributed by atoms with van der Waals surface area (Å²) >= 11 is 0. The van der Waals surface area contributed by atoms with Crippen LogP contribution in [0.4, 0.5) is 9.59 Å². The molecule has 5 atom stereocenters. The SMILES string of the molecule is COC(=O)NC(C(=O)N1CCCC1c1nc2c(ccc3cc(C#Cc4ccc(-c5cnc(C6CCCN6C(=O)[C@@H](NC(=O)OC)C(C)C)[nH]5)nc4)ccc32)[nH]1)[C@@H](C)OC. The van der Waals surface area contributed by atoms with E-state index in [1.807, 2.05) is 56.3 Å². The van der Waals surface area contributed by atoms with Crippen molar-refractivity contribution in [1.82, 2.24) is 45.4 Å². The zero-order chi connectivity index (χ0) is 41.8. The van der Waals surface area contributed by atoms with Crippen molar-refractivity contribution in [2.24, 2.45) is 5.92 Å². The van der Waals surface area contributed by atoms with Crippen molar-refractivity contribution in [2.45, 2.75) is 76.7 Å². The second-order valence-corrected chi connectivity index (χ2v) is 15.2. The van der Waals surface area contributed by atoms with Gasteiger partial charge in [0.05, 0.1) is 61.0 Å². The molecule has 2 aromatic carbocycles. The Balaban J connectivity index is 1.04. The van der Waals surface area contributed by atoms with Crippen molar-refractivity contribution in [3.63, 3.8) is 0 Å². The van der Waals surface area contributed by atoms with Gasteiger partial charge in [-0.05, 0) is 74.2 Å². The molecular weight excluding hydrogens is 755 g/mol. The maximum atomic E-state index is 13.7. The van der Waals surface area contributed by atoms with Gasteiger partial charge in [-0.15, -0.1) is 0 Å². The first-order valence-corrected chi connectivity index (χ1v) is 19.8. The lowest BCUT2D eigenvalue weighted by Crippen LogP contribution is -2.54. The van der Waals surface area contributed by atoms with Crippen molar-refractivity contribution < 1.29 is 33.4 Å². The first kappa shape index (κ1) is 40.7. The summed E-state index contributed by atoms with van der Waals surface area (Å²) in [6.45, 7) is 6.61. The summed E-state index contributed by atoms with van der Waals surface area (Å²) < 4.78 is 14.9. The first-order valence-electron chi connectivity index (χ1n) is 19.8. The predicted octanol–water partition coefficient (Wildman–Crippen LogP) is 5.37. The van der Waals surface area contributed by atoms with Gasteiger partial charge in [-0.25, -0.2) is 19.6 Å². The Hall–Kier alpha value is -6.47. The maximum absolute atomic E-state index is 13.7. The molecule has 4 amide bonds. The third-order valence-electron chi connectivity index (χ3n) is 11.1. The van der Waals surface area contributed by atoms with Crippen molar-refractivity contribution in [3.8, 4) is 23.2 Å². The van der Waals surface area contributed by atoms with E-state index >= 15 is 0 Å². The van der Waals surface area contributed by atoms with Crippen molar-refractivity contribution in [3.05, 3.63) is 77.6 Å². The summed E-state index contributed by atoms with van der Waals surface area (Å²) in [5, 5.41) is 7.24. The van der Waals surface area contributed by atoms with Gasteiger partial charge in [-0.3, -0.25) is 14.6 Å². The molecule has 3 aromatic heterocycles. The number of benzene rings is 2. The third-order valence-corrected chi connectivity index (χ3v) is 11.1. The molecule has 4 N–H and O–H groups in total. The van der Waals surface area contributed by atoms with Crippen LogP contribution in [0.5, 0.6) is 0 Å². The summed E-state index contributed by atoms with van der Waals surface area (Å²) in [6.07, 6.45) is 4.64. The van der Waals surface area contributed by atoms with Gasteiger partial charge in [0, 0.05) is 42.9 Å². The average Bonchev–Trinajstić information content (AvgIpc) is 4.09. The number of pyridine rings is 1. The number of hydrogen-bond donors (Lipinski definition) is 4. The Labute approximate surface area is 341 Å². The molecule has 308 valence electrons. The fourth-order valence-corrected chi connectivity index (χ4v) is 7.85. The fourth-order valence-electron chi connectivity index (χ4n) is 7.85. The van der Waals surface area contributed by atoms with Crippen LogP contribution >= 0.6 is 0 Å². The monoisotopic (exact) mass is 803 g/mol. The van der Waals surface area contributed by atoms with Crippen LogP contribution in [0.3, 0.4) is 0 Å². The number of fused-ring (bicyclic) bond motifs is 3. The van der Waals surface area contributed by atoms with Gasteiger partial charge < -0.3 is 44.6 Å². The molecule has 3 unspecified atom stereocenters. The lowest BCUT2D eigenvalue weighted by molar-refractivity contribution is -0.137. The van der Waals surface area contributed by atoms with E-state index < -0.39 is 30.4 Å². The number of carbonyl (C=O) groups excluding carboxylic acids is 4. The lowest BCUT2D eigenvalue weighted by Gasteiger charge is -2.30. The van der Waals surface area contributed by atoms with E-state index in [9.17, 15) is 19.2 Å². The zero-order valence-corrected chi connectivity index (χ0v) is 34.0. The molecule has 59 heavy (non-hydrogen) atoms. The van der Waals surface area contributed by atoms with E-state index in [0.717, 1.165) is 64.3 Å². The minimum absolute atomic E-state index is 0.121. The van der Waals surface area contributed by atoms with Gasteiger partial charge in [0.25, 0.3) is 0 Å². The highest BCUT2D eigenvalue weighted by molar-refractivity contribution is 6.04. The fraction of sp³-hybridized carbons (Fsp3) is 0.419. The number of nitrogens with zero attached hydrogens (tertiary/aromatic N) is 5. The Morgan fingerprint density at radius 2 is 1.41 bits per heavy atom. The second-order valence-electron chi connectivity index (χ2n) is 15.2. The van der Waals surface area contributed by atoms with E-state index in [-0.39, 0.29) is 29.8 Å². The van der Waals surface area contributed by atoms with Crippen LogP contribution in [0.25, 0.3) is 33.2 Å². The van der Waals surface area contributed by atoms with E-state index in [2.05, 4.69) is 42.4 Å². The maximum Gasteiger partial charge on any atom is 0.407 e. The van der Waals surface area contributed by atoms with Gasteiger partial charge in [-0.2, -0.15) is 0 Å². The Morgan fingerprint density at radius 3 is 2.05 bits per heavy atom. The molecule has 2 saturated heterocycles. The molecular formula is C43H49N9O7. The van der Waals surface area contributed by atoms with Gasteiger partial charge >= 0.3 is 12.2 Å². The predicted molar refractivity (Wildman–Crippen MR) is 219 cm³/mol. The summed E-state index contributed by atoms with van der Waals surface area (Å²) in [5.74, 6) is 7.29. The number of rotatable bonds is 10. The number of H-pyrrole nitrogens is 2. The van der Waals surface area contributed by atoms with Gasteiger partial charge in [-0.1, -0.05) is 37.8 Å². The minimum Gasteiger partial charge on any atom is -0.453 e. The molecule has 5 aromatic rings. The molecule has 2 aliphatic rings. The van der Waals surface area contributed by atoms with E-state index in [1.54, 1.807) is 29.1 Å². The molecule has 5 heterocycles. The standard InChI is InChI=1S/C43H49N9O7/c1-24(2)35(49-42(55)58-5)40(53)51-19-7-9-33(51)38-45-23-32(47-38)30-17-14-27(22-44-30)12-11-26-13-16-29-28(21-26)15-18-31-37(29)48-39(46-31)34-10-8-20-52(34)41(54)36(25(3)57-4)50-43(56)59-6/h13-18,21-25,33-36H,7-10,19-20H2,1-6H3,(H,45,47)(H,46,48)(H,49,55)(H,50,56)/t25-,33?,34?,35+,36?/m1/s1. The van der Waals surface area contributed by atoms with Gasteiger partial charge in [0.1, 0.15) is 23.7 Å². The van der Waals surface area contributed by atoms with Crippen molar-refractivity contribution >= 4 is 45.8 Å². The molecule has 0 bridgehead atoms. The molecule has 0 radical (unpaired) electrons. The number of nitrogens with one attached hydrogen (secondary N) is 4. The van der Waals surface area contributed by atoms with E-state index in [1.165, 1.54) is 21.3 Å². The summed E-state index contributed by atoms with van der Waals surface area (Å²) in [6, 6.07) is 11.6. The number of carbonyl (C=O) groups is 4. The van der Waals surface area contributed by atoms with Crippen molar-refractivity contribution in [1.29, 1.82) is 0 Å². The number of ether oxygens (including phenoxy) is 3. The van der Waals surface area contributed by atoms with Crippen LogP contribution in [0.2, 0.25) is 0 Å². The van der Waals surface area contributed by atoms with E-state index in [4.69, 9.17) is 19.2 Å². The molecule has 2 fully saturated rings. The van der Waals surface area contributed by atoms with Crippen LogP contribution in [0.15, 0.2) is 54.9 Å². The molecule has 16 nitrogen and oxygen atoms in total. The molecule has 16 heteroatoms. The normalized spacial score (nSPS) is 18.0. The zero-order valence-electron chi connectivity index (χ0n) is 34.0. The summed E-state index contributed by atoms with van der Waals surface area (Å²) in [4.78, 5) is 75.8. The quantitative estimate of drug-likeness (QED) is 0.133. The summed E-state index contributed by atoms with van der Waals surface area (Å²) in [7, 11) is 4.03. The number of likely N-dealkylation sites (tertiary alicyclic amines) is 2. The average molecular weight is 804 g/mol. The third kappa shape index (κ3) is 8.56. The van der Waals surface area contributed by atoms with Crippen molar-refractivity contribution in [2.75, 3.05) is 34.4 Å². The van der Waals surface area contributed by atoms with Crippen LogP contribution in [0, 0.1) is 17.8 Å². The number of aromatic amines is 2. The number of aromatic nitrogens is 5. The van der Waals surface area contributed by atoms with E-state index in [0.29, 0.717) is 30.4 Å². The number of methoxy groups -OCH3 is 3. The topological polar surface area (TPSA) is 197 Å². The highest BCUT2D eigenvalue weighted by Gasteiger charge is 2.39. The number of hydrogen-bond acceptors (Lipinski definition) is 10. The lowest BCUT2D eigenvalue weighted by atomic mass is 10.0. The van der Waals surface area contributed by atoms with Crippen LogP contribution in [-0.4, -0.2) is 111 Å². The molecule has 0 aliphatic carbocycles. The Morgan fingerprint density at radius 1 is 0.763 bits per heavy atom. The highest BCUT2D eigenvalue weighted by atomic mass is 16.5.